The summed E-state index contributed by atoms with van der Waals surface area (Å²) in [6.07, 6.45) is 1.19. The predicted octanol–water partition coefficient (Wildman–Crippen LogP) is 2.94. The predicted molar refractivity (Wildman–Crippen MR) is 90.3 cm³/mol. The maximum atomic E-state index is 12.2. The molecule has 1 amide bonds. The van der Waals surface area contributed by atoms with Crippen molar-refractivity contribution in [2.75, 3.05) is 6.54 Å². The number of aliphatic hydroxyl groups excluding tert-OH is 1. The summed E-state index contributed by atoms with van der Waals surface area (Å²) in [7, 11) is 0. The molecule has 2 N–H and O–H groups in total. The summed E-state index contributed by atoms with van der Waals surface area (Å²) in [5.74, 6) is 1.48. The molecule has 0 aliphatic carbocycles. The largest absolute Gasteiger partial charge is 0.459 e. The number of nitrogens with one attached hydrogen (secondary N) is 1. The van der Waals surface area contributed by atoms with Gasteiger partial charge in [0.2, 0.25) is 5.91 Å². The Hall–Kier alpha value is -2.08. The number of oxazole rings is 1. The van der Waals surface area contributed by atoms with Gasteiger partial charge in [-0.2, -0.15) is 0 Å². The molecule has 6 heteroatoms. The van der Waals surface area contributed by atoms with E-state index in [-0.39, 0.29) is 18.2 Å². The van der Waals surface area contributed by atoms with E-state index in [4.69, 9.17) is 8.83 Å². The monoisotopic (exact) mass is 334 g/mol. The normalized spacial score (nSPS) is 13.3. The van der Waals surface area contributed by atoms with Gasteiger partial charge in [-0.25, -0.2) is 4.98 Å². The second-order valence-electron chi connectivity index (χ2n) is 7.13. The fourth-order valence-corrected chi connectivity index (χ4v) is 2.65. The van der Waals surface area contributed by atoms with Crippen molar-refractivity contribution in [3.8, 4) is 11.7 Å². The van der Waals surface area contributed by atoms with Crippen LogP contribution in [0.15, 0.2) is 27.2 Å². The molecule has 2 aromatic rings. The minimum Gasteiger partial charge on any atom is -0.459 e. The van der Waals surface area contributed by atoms with Crippen LogP contribution in [0.5, 0.6) is 0 Å². The summed E-state index contributed by atoms with van der Waals surface area (Å²) >= 11 is 0. The van der Waals surface area contributed by atoms with Gasteiger partial charge in [0.1, 0.15) is 5.76 Å². The number of rotatable bonds is 7. The Labute approximate surface area is 142 Å². The summed E-state index contributed by atoms with van der Waals surface area (Å²) in [5.41, 5.74) is 0.184. The maximum absolute atomic E-state index is 12.2. The molecular formula is C18H26N2O4. The van der Waals surface area contributed by atoms with E-state index < -0.39 is 11.5 Å². The number of hydrogen-bond acceptors (Lipinski definition) is 5. The molecule has 0 spiro atoms. The number of aryl methyl sites for hydroxylation is 1. The Kier molecular flexibility index (Phi) is 5.49. The Morgan fingerprint density at radius 3 is 2.71 bits per heavy atom. The smallest absolute Gasteiger partial charge is 0.263 e. The highest BCUT2D eigenvalue weighted by Gasteiger charge is 2.30. The van der Waals surface area contributed by atoms with E-state index in [1.165, 1.54) is 0 Å². The van der Waals surface area contributed by atoms with Crippen molar-refractivity contribution in [3.63, 3.8) is 0 Å². The van der Waals surface area contributed by atoms with Crippen LogP contribution in [-0.2, 0) is 11.2 Å². The first-order valence-corrected chi connectivity index (χ1v) is 8.15. The van der Waals surface area contributed by atoms with Crippen LogP contribution in [-0.4, -0.2) is 28.6 Å². The molecule has 132 valence electrons. The summed E-state index contributed by atoms with van der Waals surface area (Å²) in [6.45, 7) is 9.97. The molecule has 24 heavy (non-hydrogen) atoms. The number of carbonyl (C=O) groups is 1. The summed E-state index contributed by atoms with van der Waals surface area (Å²) in [4.78, 5) is 16.5. The molecule has 1 unspecified atom stereocenters. The molecular weight excluding hydrogens is 308 g/mol. The highest BCUT2D eigenvalue weighted by Crippen LogP contribution is 2.25. The second-order valence-corrected chi connectivity index (χ2v) is 7.13. The molecule has 0 bridgehead atoms. The summed E-state index contributed by atoms with van der Waals surface area (Å²) in [5, 5.41) is 13.1. The van der Waals surface area contributed by atoms with Crippen LogP contribution >= 0.6 is 0 Å². The van der Waals surface area contributed by atoms with E-state index in [2.05, 4.69) is 10.3 Å². The van der Waals surface area contributed by atoms with Crippen LogP contribution in [0, 0.1) is 18.3 Å². The van der Waals surface area contributed by atoms with E-state index in [1.807, 2.05) is 27.7 Å². The van der Waals surface area contributed by atoms with Crippen molar-refractivity contribution in [2.24, 2.45) is 11.3 Å². The van der Waals surface area contributed by atoms with Gasteiger partial charge in [0, 0.05) is 12.0 Å². The third-order valence-electron chi connectivity index (χ3n) is 4.13. The maximum Gasteiger partial charge on any atom is 0.263 e. The number of furan rings is 1. The first kappa shape index (κ1) is 18.3. The number of nitrogens with zero attached hydrogens (tertiary/aromatic N) is 1. The van der Waals surface area contributed by atoms with Crippen molar-refractivity contribution in [2.45, 2.75) is 47.1 Å². The average Bonchev–Trinajstić information content (AvgIpc) is 3.15. The third-order valence-corrected chi connectivity index (χ3v) is 4.13. The van der Waals surface area contributed by atoms with Crippen LogP contribution < -0.4 is 5.32 Å². The quantitative estimate of drug-likeness (QED) is 0.813. The topological polar surface area (TPSA) is 88.5 Å². The van der Waals surface area contributed by atoms with Gasteiger partial charge in [-0.15, -0.1) is 0 Å². The SMILES string of the molecule is Cc1oc(-c2ccco2)nc1CC(=O)NCC(C)(C)C(O)C(C)C. The van der Waals surface area contributed by atoms with Crippen LogP contribution in [0.4, 0.5) is 0 Å². The molecule has 0 radical (unpaired) electrons. The number of aromatic nitrogens is 1. The van der Waals surface area contributed by atoms with Crippen molar-refractivity contribution >= 4 is 5.91 Å². The van der Waals surface area contributed by atoms with E-state index in [1.54, 1.807) is 25.3 Å². The van der Waals surface area contributed by atoms with Gasteiger partial charge >= 0.3 is 0 Å². The van der Waals surface area contributed by atoms with Gasteiger partial charge < -0.3 is 19.3 Å². The number of carbonyl (C=O) groups excluding carboxylic acids is 1. The zero-order chi connectivity index (χ0) is 17.9. The first-order valence-electron chi connectivity index (χ1n) is 8.15. The molecule has 6 nitrogen and oxygen atoms in total. The van der Waals surface area contributed by atoms with Gasteiger partial charge in [0.05, 0.1) is 24.5 Å². The minimum absolute atomic E-state index is 0.129. The van der Waals surface area contributed by atoms with E-state index in [0.717, 1.165) is 0 Å². The summed E-state index contributed by atoms with van der Waals surface area (Å²) < 4.78 is 10.8. The van der Waals surface area contributed by atoms with Gasteiger partial charge in [-0.3, -0.25) is 4.79 Å². The zero-order valence-corrected chi connectivity index (χ0v) is 14.9. The zero-order valence-electron chi connectivity index (χ0n) is 14.9. The van der Waals surface area contributed by atoms with E-state index in [0.29, 0.717) is 29.6 Å². The average molecular weight is 334 g/mol. The van der Waals surface area contributed by atoms with Gasteiger partial charge in [-0.1, -0.05) is 27.7 Å². The Morgan fingerprint density at radius 1 is 1.42 bits per heavy atom. The van der Waals surface area contributed by atoms with Crippen molar-refractivity contribution < 1.29 is 18.7 Å². The van der Waals surface area contributed by atoms with Crippen LogP contribution in [0.1, 0.15) is 39.1 Å². The molecule has 1 atom stereocenters. The van der Waals surface area contributed by atoms with Crippen molar-refractivity contribution in [1.29, 1.82) is 0 Å². The molecule has 0 saturated heterocycles. The third kappa shape index (κ3) is 4.26. The van der Waals surface area contributed by atoms with Crippen LogP contribution in [0.2, 0.25) is 0 Å². The Balaban J connectivity index is 1.96. The molecule has 0 aromatic carbocycles. The first-order chi connectivity index (χ1) is 11.2. The number of amides is 1. The van der Waals surface area contributed by atoms with E-state index in [9.17, 15) is 9.90 Å². The fraction of sp³-hybridized carbons (Fsp3) is 0.556. The molecule has 0 aliphatic rings. The highest BCUT2D eigenvalue weighted by atomic mass is 16.4. The Morgan fingerprint density at radius 2 is 2.12 bits per heavy atom. The van der Waals surface area contributed by atoms with Crippen molar-refractivity contribution in [1.82, 2.24) is 10.3 Å². The molecule has 2 heterocycles. The molecule has 2 rings (SSSR count). The highest BCUT2D eigenvalue weighted by molar-refractivity contribution is 5.78. The van der Waals surface area contributed by atoms with Crippen molar-refractivity contribution in [3.05, 3.63) is 29.9 Å². The second kappa shape index (κ2) is 7.21. The lowest BCUT2D eigenvalue weighted by molar-refractivity contribution is -0.121. The Bertz CT molecular complexity index is 671. The molecule has 0 aliphatic heterocycles. The number of hydrogen-bond donors (Lipinski definition) is 2. The van der Waals surface area contributed by atoms with Gasteiger partial charge in [0.15, 0.2) is 5.76 Å². The molecule has 0 saturated carbocycles. The van der Waals surface area contributed by atoms with E-state index >= 15 is 0 Å². The standard InChI is InChI=1S/C18H26N2O4/c1-11(2)16(22)18(4,5)10-19-15(21)9-13-12(3)24-17(20-13)14-7-6-8-23-14/h6-8,11,16,22H,9-10H2,1-5H3,(H,19,21). The van der Waals surface area contributed by atoms with Gasteiger partial charge in [-0.05, 0) is 25.0 Å². The lowest BCUT2D eigenvalue weighted by atomic mass is 9.80. The lowest BCUT2D eigenvalue weighted by Crippen LogP contribution is -2.44. The molecule has 2 aromatic heterocycles. The van der Waals surface area contributed by atoms with Crippen LogP contribution in [0.25, 0.3) is 11.7 Å². The fourth-order valence-electron chi connectivity index (χ4n) is 2.65. The molecule has 0 fully saturated rings. The minimum atomic E-state index is -0.489. The van der Waals surface area contributed by atoms with Gasteiger partial charge in [0.25, 0.3) is 5.89 Å². The summed E-state index contributed by atoms with van der Waals surface area (Å²) in [6, 6.07) is 3.51. The van der Waals surface area contributed by atoms with Crippen LogP contribution in [0.3, 0.4) is 0 Å². The lowest BCUT2D eigenvalue weighted by Gasteiger charge is -2.33. The number of aliphatic hydroxyl groups is 1.